The van der Waals surface area contributed by atoms with Crippen LogP contribution in [0.1, 0.15) is 25.8 Å². The monoisotopic (exact) mass is 264 g/mol. The molecule has 3 atom stereocenters. The van der Waals surface area contributed by atoms with Crippen LogP contribution in [0.4, 0.5) is 0 Å². The lowest BCUT2D eigenvalue weighted by Gasteiger charge is -2.22. The zero-order valence-corrected chi connectivity index (χ0v) is 11.7. The summed E-state index contributed by atoms with van der Waals surface area (Å²) < 4.78 is 0. The second-order valence-electron chi connectivity index (χ2n) is 5.02. The van der Waals surface area contributed by atoms with Gasteiger partial charge in [-0.05, 0) is 17.9 Å². The molecule has 0 spiro atoms. The summed E-state index contributed by atoms with van der Waals surface area (Å²) in [5.41, 5.74) is 6.45. The number of primary amides is 1. The Kier molecular flexibility index (Phi) is 6.53. The highest BCUT2D eigenvalue weighted by molar-refractivity contribution is 5.80. The van der Waals surface area contributed by atoms with Gasteiger partial charge in [0.25, 0.3) is 0 Å². The molecular formula is C15H24N2O2. The molecule has 0 heterocycles. The average molecular weight is 264 g/mol. The lowest BCUT2D eigenvalue weighted by atomic mass is 9.98. The minimum absolute atomic E-state index is 0.168. The van der Waals surface area contributed by atoms with Crippen molar-refractivity contribution in [1.29, 1.82) is 0 Å². The third-order valence-corrected chi connectivity index (χ3v) is 3.41. The largest absolute Gasteiger partial charge is 0.391 e. The van der Waals surface area contributed by atoms with Crippen molar-refractivity contribution in [1.82, 2.24) is 5.32 Å². The SMILES string of the molecule is CCC(C)C(NCC(O)Cc1ccccc1)C(N)=O. The Morgan fingerprint density at radius 2 is 2.00 bits per heavy atom. The van der Waals surface area contributed by atoms with Crippen LogP contribution in [-0.4, -0.2) is 29.7 Å². The van der Waals surface area contributed by atoms with E-state index in [-0.39, 0.29) is 17.9 Å². The second kappa shape index (κ2) is 7.92. The van der Waals surface area contributed by atoms with E-state index in [9.17, 15) is 9.90 Å². The summed E-state index contributed by atoms with van der Waals surface area (Å²) in [6.45, 7) is 4.36. The van der Waals surface area contributed by atoms with E-state index >= 15 is 0 Å². The molecule has 4 N–H and O–H groups in total. The van der Waals surface area contributed by atoms with Gasteiger partial charge in [0.1, 0.15) is 0 Å². The van der Waals surface area contributed by atoms with Gasteiger partial charge in [-0.1, -0.05) is 50.6 Å². The first-order chi connectivity index (χ1) is 9.04. The normalized spacial score (nSPS) is 15.7. The van der Waals surface area contributed by atoms with E-state index in [0.29, 0.717) is 13.0 Å². The highest BCUT2D eigenvalue weighted by atomic mass is 16.3. The number of benzene rings is 1. The minimum Gasteiger partial charge on any atom is -0.391 e. The van der Waals surface area contributed by atoms with E-state index < -0.39 is 6.10 Å². The third kappa shape index (κ3) is 5.41. The summed E-state index contributed by atoms with van der Waals surface area (Å²) in [5, 5.41) is 13.0. The first kappa shape index (κ1) is 15.7. The van der Waals surface area contributed by atoms with Crippen LogP contribution in [0.3, 0.4) is 0 Å². The Hall–Kier alpha value is -1.39. The first-order valence-electron chi connectivity index (χ1n) is 6.79. The molecule has 19 heavy (non-hydrogen) atoms. The molecule has 0 radical (unpaired) electrons. The lowest BCUT2D eigenvalue weighted by Crippen LogP contribution is -2.48. The van der Waals surface area contributed by atoms with Crippen molar-refractivity contribution in [3.63, 3.8) is 0 Å². The summed E-state index contributed by atoms with van der Waals surface area (Å²) in [4.78, 5) is 11.3. The van der Waals surface area contributed by atoms with Gasteiger partial charge in [-0.3, -0.25) is 4.79 Å². The Morgan fingerprint density at radius 1 is 1.37 bits per heavy atom. The third-order valence-electron chi connectivity index (χ3n) is 3.41. The molecule has 0 bridgehead atoms. The van der Waals surface area contributed by atoms with Gasteiger partial charge in [0.05, 0.1) is 12.1 Å². The van der Waals surface area contributed by atoms with Gasteiger partial charge in [-0.25, -0.2) is 0 Å². The molecule has 3 unspecified atom stereocenters. The number of rotatable bonds is 8. The predicted molar refractivity (Wildman–Crippen MR) is 76.6 cm³/mol. The van der Waals surface area contributed by atoms with Crippen LogP contribution in [0, 0.1) is 5.92 Å². The number of amides is 1. The van der Waals surface area contributed by atoms with E-state index in [1.807, 2.05) is 44.2 Å². The van der Waals surface area contributed by atoms with Gasteiger partial charge in [0, 0.05) is 6.54 Å². The van der Waals surface area contributed by atoms with Gasteiger partial charge in [-0.15, -0.1) is 0 Å². The topological polar surface area (TPSA) is 75.3 Å². The van der Waals surface area contributed by atoms with Crippen molar-refractivity contribution in [3.8, 4) is 0 Å². The van der Waals surface area contributed by atoms with Gasteiger partial charge < -0.3 is 16.2 Å². The number of nitrogens with one attached hydrogen (secondary N) is 1. The number of carbonyl (C=O) groups is 1. The Bertz CT molecular complexity index is 381. The van der Waals surface area contributed by atoms with Crippen LogP contribution >= 0.6 is 0 Å². The van der Waals surface area contributed by atoms with Gasteiger partial charge in [0.15, 0.2) is 0 Å². The molecule has 4 heteroatoms. The average Bonchev–Trinajstić information content (AvgIpc) is 2.39. The maximum Gasteiger partial charge on any atom is 0.234 e. The smallest absolute Gasteiger partial charge is 0.234 e. The fourth-order valence-electron chi connectivity index (χ4n) is 2.04. The van der Waals surface area contributed by atoms with Gasteiger partial charge in [0.2, 0.25) is 5.91 Å². The summed E-state index contributed by atoms with van der Waals surface area (Å²) in [7, 11) is 0. The molecule has 1 amide bonds. The van der Waals surface area contributed by atoms with Crippen LogP contribution in [0.15, 0.2) is 30.3 Å². The van der Waals surface area contributed by atoms with E-state index in [2.05, 4.69) is 5.32 Å². The molecule has 0 aliphatic carbocycles. The van der Waals surface area contributed by atoms with Crippen molar-refractivity contribution >= 4 is 5.91 Å². The molecule has 0 fully saturated rings. The Labute approximate surface area is 115 Å². The summed E-state index contributed by atoms with van der Waals surface area (Å²) >= 11 is 0. The van der Waals surface area contributed by atoms with Gasteiger partial charge in [-0.2, -0.15) is 0 Å². The van der Waals surface area contributed by atoms with Crippen LogP contribution < -0.4 is 11.1 Å². The Morgan fingerprint density at radius 3 is 2.53 bits per heavy atom. The van der Waals surface area contributed by atoms with E-state index in [1.54, 1.807) is 0 Å². The maximum absolute atomic E-state index is 11.3. The summed E-state index contributed by atoms with van der Waals surface area (Å²) in [5.74, 6) is -0.192. The van der Waals surface area contributed by atoms with Crippen molar-refractivity contribution in [3.05, 3.63) is 35.9 Å². The number of aliphatic hydroxyl groups excluding tert-OH is 1. The zero-order valence-electron chi connectivity index (χ0n) is 11.7. The summed E-state index contributed by atoms with van der Waals surface area (Å²) in [6, 6.07) is 9.41. The molecule has 0 saturated carbocycles. The maximum atomic E-state index is 11.3. The molecule has 0 aromatic heterocycles. The predicted octanol–water partition coefficient (Wildman–Crippen LogP) is 1.08. The molecule has 4 nitrogen and oxygen atoms in total. The quantitative estimate of drug-likeness (QED) is 0.657. The number of carbonyl (C=O) groups excluding carboxylic acids is 1. The van der Waals surface area contributed by atoms with Crippen molar-refractivity contribution in [2.45, 2.75) is 38.8 Å². The first-order valence-corrected chi connectivity index (χ1v) is 6.79. The lowest BCUT2D eigenvalue weighted by molar-refractivity contribution is -0.121. The molecular weight excluding hydrogens is 240 g/mol. The van der Waals surface area contributed by atoms with E-state index in [0.717, 1.165) is 12.0 Å². The standard InChI is InChI=1S/C15H24N2O2/c1-3-11(2)14(15(16)19)17-10-13(18)9-12-7-5-4-6-8-12/h4-8,11,13-14,17-18H,3,9-10H2,1-2H3,(H2,16,19). The molecule has 1 rings (SSSR count). The highest BCUT2D eigenvalue weighted by Crippen LogP contribution is 2.08. The van der Waals surface area contributed by atoms with Crippen LogP contribution in [0.2, 0.25) is 0 Å². The summed E-state index contributed by atoms with van der Waals surface area (Å²) in [6.07, 6.45) is 0.920. The highest BCUT2D eigenvalue weighted by Gasteiger charge is 2.21. The van der Waals surface area contributed by atoms with Crippen molar-refractivity contribution < 1.29 is 9.90 Å². The molecule has 0 aliphatic rings. The fraction of sp³-hybridized carbons (Fsp3) is 0.533. The number of hydrogen-bond acceptors (Lipinski definition) is 3. The Balaban J connectivity index is 2.44. The van der Waals surface area contributed by atoms with Crippen LogP contribution in [-0.2, 0) is 11.2 Å². The van der Waals surface area contributed by atoms with E-state index in [4.69, 9.17) is 5.73 Å². The second-order valence-corrected chi connectivity index (χ2v) is 5.02. The molecule has 1 aromatic carbocycles. The number of aliphatic hydroxyl groups is 1. The molecule has 0 aliphatic heterocycles. The molecule has 106 valence electrons. The number of hydrogen-bond donors (Lipinski definition) is 3. The molecule has 1 aromatic rings. The van der Waals surface area contributed by atoms with Gasteiger partial charge >= 0.3 is 0 Å². The van der Waals surface area contributed by atoms with Crippen LogP contribution in [0.5, 0.6) is 0 Å². The zero-order chi connectivity index (χ0) is 14.3. The van der Waals surface area contributed by atoms with Crippen LogP contribution in [0.25, 0.3) is 0 Å². The number of nitrogens with two attached hydrogens (primary N) is 1. The van der Waals surface area contributed by atoms with E-state index in [1.165, 1.54) is 0 Å². The fourth-order valence-corrected chi connectivity index (χ4v) is 2.04. The minimum atomic E-state index is -0.520. The van der Waals surface area contributed by atoms with Crippen molar-refractivity contribution in [2.24, 2.45) is 11.7 Å². The molecule has 0 saturated heterocycles. The van der Waals surface area contributed by atoms with Crippen molar-refractivity contribution in [2.75, 3.05) is 6.54 Å².